The van der Waals surface area contributed by atoms with Crippen molar-refractivity contribution in [3.63, 3.8) is 0 Å². The van der Waals surface area contributed by atoms with Crippen LogP contribution in [0.2, 0.25) is 5.02 Å². The average molecular weight is 304 g/mol. The summed E-state index contributed by atoms with van der Waals surface area (Å²) in [6.45, 7) is 3.97. The molecule has 5 nitrogen and oxygen atoms in total. The predicted octanol–water partition coefficient (Wildman–Crippen LogP) is 2.25. The fraction of sp³-hybridized carbons (Fsp3) is 0.333. The van der Waals surface area contributed by atoms with Gasteiger partial charge in [-0.3, -0.25) is 0 Å². The number of anilines is 2. The molecule has 0 aliphatic carbocycles. The van der Waals surface area contributed by atoms with Crippen LogP contribution in [0.15, 0.2) is 30.6 Å². The van der Waals surface area contributed by atoms with Gasteiger partial charge in [0.05, 0.1) is 0 Å². The van der Waals surface area contributed by atoms with Crippen molar-refractivity contribution in [1.82, 2.24) is 15.3 Å². The maximum atomic E-state index is 6.18. The highest BCUT2D eigenvalue weighted by atomic mass is 35.5. The van der Waals surface area contributed by atoms with Crippen LogP contribution in [0.5, 0.6) is 0 Å². The first-order valence-electron chi connectivity index (χ1n) is 7.03. The molecule has 3 rings (SSSR count). The molecule has 0 saturated carbocycles. The van der Waals surface area contributed by atoms with Gasteiger partial charge in [0.2, 0.25) is 5.95 Å². The molecular weight excluding hydrogens is 286 g/mol. The van der Waals surface area contributed by atoms with Gasteiger partial charge in [0.1, 0.15) is 0 Å². The molecule has 0 amide bonds. The minimum atomic E-state index is 0.615. The summed E-state index contributed by atoms with van der Waals surface area (Å²) in [6.07, 6.45) is 3.66. The maximum absolute atomic E-state index is 6.18. The second-order valence-electron chi connectivity index (χ2n) is 4.94. The molecule has 0 atom stereocenters. The Balaban J connectivity index is 2.00. The van der Waals surface area contributed by atoms with Gasteiger partial charge in [-0.25, -0.2) is 9.97 Å². The van der Waals surface area contributed by atoms with Gasteiger partial charge < -0.3 is 15.5 Å². The molecule has 6 heteroatoms. The average Bonchev–Trinajstić information content (AvgIpc) is 2.56. The lowest BCUT2D eigenvalue weighted by Gasteiger charge is -2.31. The number of halogens is 1. The number of benzene rings is 1. The topological polar surface area (TPSA) is 53.1 Å². The van der Waals surface area contributed by atoms with Gasteiger partial charge in [0.15, 0.2) is 0 Å². The maximum Gasteiger partial charge on any atom is 0.222 e. The highest BCUT2D eigenvalue weighted by Gasteiger charge is 2.16. The van der Waals surface area contributed by atoms with Crippen molar-refractivity contribution in [2.45, 2.75) is 0 Å². The van der Waals surface area contributed by atoms with E-state index in [-0.39, 0.29) is 0 Å². The molecule has 0 spiro atoms. The molecule has 21 heavy (non-hydrogen) atoms. The summed E-state index contributed by atoms with van der Waals surface area (Å²) in [5.74, 6) is 0.615. The molecule has 0 unspecified atom stereocenters. The summed E-state index contributed by atoms with van der Waals surface area (Å²) < 4.78 is 0. The molecular formula is C15H18ClN5. The fourth-order valence-corrected chi connectivity index (χ4v) is 2.69. The van der Waals surface area contributed by atoms with Crippen molar-refractivity contribution in [3.05, 3.63) is 35.6 Å². The summed E-state index contributed by atoms with van der Waals surface area (Å²) in [6, 6.07) is 6.00. The highest BCUT2D eigenvalue weighted by molar-refractivity contribution is 6.31. The van der Waals surface area contributed by atoms with Crippen molar-refractivity contribution in [2.24, 2.45) is 0 Å². The Labute approximate surface area is 129 Å². The van der Waals surface area contributed by atoms with E-state index in [1.54, 1.807) is 7.05 Å². The smallest absolute Gasteiger partial charge is 0.222 e. The molecule has 110 valence electrons. The Hall–Kier alpha value is -1.85. The quantitative estimate of drug-likeness (QED) is 0.911. The van der Waals surface area contributed by atoms with Crippen molar-refractivity contribution < 1.29 is 0 Å². The Morgan fingerprint density at radius 3 is 2.57 bits per heavy atom. The van der Waals surface area contributed by atoms with Crippen LogP contribution in [0.3, 0.4) is 0 Å². The van der Waals surface area contributed by atoms with E-state index in [2.05, 4.69) is 31.6 Å². The van der Waals surface area contributed by atoms with E-state index in [0.29, 0.717) is 5.95 Å². The zero-order chi connectivity index (χ0) is 14.7. The minimum Gasteiger partial charge on any atom is -0.368 e. The van der Waals surface area contributed by atoms with Crippen molar-refractivity contribution in [1.29, 1.82) is 0 Å². The predicted molar refractivity (Wildman–Crippen MR) is 87.1 cm³/mol. The monoisotopic (exact) mass is 303 g/mol. The third kappa shape index (κ3) is 3.09. The number of nitrogens with one attached hydrogen (secondary N) is 2. The van der Waals surface area contributed by atoms with Gasteiger partial charge in [-0.2, -0.15) is 0 Å². The van der Waals surface area contributed by atoms with E-state index in [4.69, 9.17) is 11.6 Å². The first-order valence-corrected chi connectivity index (χ1v) is 7.41. The molecule has 1 aromatic heterocycles. The van der Waals surface area contributed by atoms with E-state index in [1.807, 2.05) is 24.5 Å². The van der Waals surface area contributed by atoms with Gasteiger partial charge in [-0.15, -0.1) is 0 Å². The number of hydrogen-bond donors (Lipinski definition) is 2. The molecule has 1 aliphatic heterocycles. The van der Waals surface area contributed by atoms with Gasteiger partial charge in [-0.1, -0.05) is 11.6 Å². The zero-order valence-electron chi connectivity index (χ0n) is 11.9. The second-order valence-corrected chi connectivity index (χ2v) is 5.38. The molecule has 2 aromatic rings. The lowest BCUT2D eigenvalue weighted by Crippen LogP contribution is -2.43. The third-order valence-corrected chi connectivity index (χ3v) is 3.84. The summed E-state index contributed by atoms with van der Waals surface area (Å²) in [5, 5.41) is 7.02. The number of aromatic nitrogens is 2. The molecule has 2 heterocycles. The third-order valence-electron chi connectivity index (χ3n) is 3.60. The van der Waals surface area contributed by atoms with Crippen LogP contribution in [0.25, 0.3) is 11.1 Å². The van der Waals surface area contributed by atoms with Crippen LogP contribution in [0, 0.1) is 0 Å². The second kappa shape index (κ2) is 6.28. The molecule has 1 fully saturated rings. The van der Waals surface area contributed by atoms with Crippen molar-refractivity contribution >= 4 is 23.2 Å². The SMILES string of the molecule is CNc1ncc(-c2cc(Cl)ccc2N2CCNCC2)cn1. The van der Waals surface area contributed by atoms with Crippen LogP contribution in [0.1, 0.15) is 0 Å². The number of piperazine rings is 1. The van der Waals surface area contributed by atoms with Crippen molar-refractivity contribution in [3.8, 4) is 11.1 Å². The van der Waals surface area contributed by atoms with Crippen LogP contribution in [0.4, 0.5) is 11.6 Å². The van der Waals surface area contributed by atoms with Gasteiger partial charge in [0.25, 0.3) is 0 Å². The summed E-state index contributed by atoms with van der Waals surface area (Å²) in [4.78, 5) is 11.0. The molecule has 0 bridgehead atoms. The van der Waals surface area contributed by atoms with Gasteiger partial charge in [-0.05, 0) is 18.2 Å². The largest absolute Gasteiger partial charge is 0.368 e. The Morgan fingerprint density at radius 2 is 1.90 bits per heavy atom. The molecule has 1 saturated heterocycles. The first kappa shape index (κ1) is 14.1. The normalized spacial score (nSPS) is 15.0. The number of rotatable bonds is 3. The summed E-state index contributed by atoms with van der Waals surface area (Å²) >= 11 is 6.18. The zero-order valence-corrected chi connectivity index (χ0v) is 12.7. The lowest BCUT2D eigenvalue weighted by atomic mass is 10.1. The molecule has 2 N–H and O–H groups in total. The van der Waals surface area contributed by atoms with E-state index in [9.17, 15) is 0 Å². The lowest BCUT2D eigenvalue weighted by molar-refractivity contribution is 0.589. The van der Waals surface area contributed by atoms with E-state index in [0.717, 1.165) is 42.3 Å². The van der Waals surface area contributed by atoms with Crippen LogP contribution in [-0.4, -0.2) is 43.2 Å². The minimum absolute atomic E-state index is 0.615. The first-order chi connectivity index (χ1) is 10.3. The Morgan fingerprint density at radius 1 is 1.19 bits per heavy atom. The van der Waals surface area contributed by atoms with E-state index >= 15 is 0 Å². The van der Waals surface area contributed by atoms with Crippen LogP contribution >= 0.6 is 11.6 Å². The molecule has 0 radical (unpaired) electrons. The standard InChI is InChI=1S/C15H18ClN5/c1-17-15-19-9-11(10-20-15)13-8-12(16)2-3-14(13)21-6-4-18-5-7-21/h2-3,8-10,18H,4-7H2,1H3,(H,17,19,20). The Bertz CT molecular complexity index is 608. The van der Waals surface area contributed by atoms with Gasteiger partial charge in [0, 0.05) is 67.5 Å². The van der Waals surface area contributed by atoms with Crippen molar-refractivity contribution in [2.75, 3.05) is 43.4 Å². The highest BCUT2D eigenvalue weighted by Crippen LogP contribution is 2.33. The number of nitrogens with zero attached hydrogens (tertiary/aromatic N) is 3. The van der Waals surface area contributed by atoms with Crippen LogP contribution in [-0.2, 0) is 0 Å². The fourth-order valence-electron chi connectivity index (χ4n) is 2.52. The summed E-state index contributed by atoms with van der Waals surface area (Å²) in [5.41, 5.74) is 3.23. The van der Waals surface area contributed by atoms with Crippen LogP contribution < -0.4 is 15.5 Å². The molecule has 1 aromatic carbocycles. The Kier molecular flexibility index (Phi) is 4.22. The summed E-state index contributed by atoms with van der Waals surface area (Å²) in [7, 11) is 1.81. The van der Waals surface area contributed by atoms with E-state index in [1.165, 1.54) is 5.69 Å². The van der Waals surface area contributed by atoms with Gasteiger partial charge >= 0.3 is 0 Å². The number of hydrogen-bond acceptors (Lipinski definition) is 5. The van der Waals surface area contributed by atoms with E-state index < -0.39 is 0 Å². The molecule has 1 aliphatic rings.